The number of carbonyl (C=O) groups excluding carboxylic acids is 1. The van der Waals surface area contributed by atoms with Crippen molar-refractivity contribution < 1.29 is 14.8 Å². The third-order valence-electron chi connectivity index (χ3n) is 3.85. The molecule has 0 bridgehead atoms. The highest BCUT2D eigenvalue weighted by Crippen LogP contribution is 2.20. The van der Waals surface area contributed by atoms with Gasteiger partial charge in [0.05, 0.1) is 4.92 Å². The summed E-state index contributed by atoms with van der Waals surface area (Å²) in [4.78, 5) is 22.3. The first-order chi connectivity index (χ1) is 11.3. The number of hydrogen-bond donors (Lipinski definition) is 2. The van der Waals surface area contributed by atoms with E-state index in [1.54, 1.807) is 0 Å². The number of anilines is 1. The number of aliphatic hydroxyl groups is 1. The molecular weight excluding hydrogens is 308 g/mol. The Morgan fingerprint density at radius 3 is 2.29 bits per heavy atom. The van der Waals surface area contributed by atoms with Crippen molar-refractivity contribution >= 4 is 17.3 Å². The Morgan fingerprint density at radius 1 is 1.17 bits per heavy atom. The molecule has 24 heavy (non-hydrogen) atoms. The van der Waals surface area contributed by atoms with Crippen LogP contribution in [0.15, 0.2) is 48.5 Å². The number of nitrogens with one attached hydrogen (secondary N) is 1. The quantitative estimate of drug-likeness (QED) is 0.629. The molecule has 2 rings (SSSR count). The summed E-state index contributed by atoms with van der Waals surface area (Å²) in [5, 5.41) is 23.6. The Kier molecular flexibility index (Phi) is 5.31. The van der Waals surface area contributed by atoms with Gasteiger partial charge in [0.2, 0.25) is 0 Å². The van der Waals surface area contributed by atoms with Crippen LogP contribution in [0, 0.1) is 17.0 Å². The number of carbonyl (C=O) groups is 1. The number of rotatable bonds is 6. The number of benzene rings is 2. The van der Waals surface area contributed by atoms with E-state index >= 15 is 0 Å². The summed E-state index contributed by atoms with van der Waals surface area (Å²) in [7, 11) is 0. The van der Waals surface area contributed by atoms with Crippen molar-refractivity contribution in [2.45, 2.75) is 32.3 Å². The number of amides is 1. The van der Waals surface area contributed by atoms with E-state index in [9.17, 15) is 20.0 Å². The molecule has 0 spiro atoms. The highest BCUT2D eigenvalue weighted by molar-refractivity contribution is 5.96. The summed E-state index contributed by atoms with van der Waals surface area (Å²) >= 11 is 0. The normalized spacial score (nSPS) is 13.1. The first-order valence-corrected chi connectivity index (χ1v) is 7.62. The molecule has 2 aromatic rings. The van der Waals surface area contributed by atoms with Crippen molar-refractivity contribution in [3.05, 3.63) is 69.8 Å². The lowest BCUT2D eigenvalue weighted by atomic mass is 9.95. The van der Waals surface area contributed by atoms with Gasteiger partial charge in [-0.05, 0) is 44.4 Å². The number of aryl methyl sites for hydroxylation is 2. The van der Waals surface area contributed by atoms with Crippen molar-refractivity contribution in [1.82, 2.24) is 0 Å². The van der Waals surface area contributed by atoms with E-state index in [0.717, 1.165) is 11.1 Å². The Balaban J connectivity index is 1.96. The summed E-state index contributed by atoms with van der Waals surface area (Å²) in [6, 6.07) is 13.4. The highest BCUT2D eigenvalue weighted by Gasteiger charge is 2.30. The minimum Gasteiger partial charge on any atom is -0.380 e. The fourth-order valence-corrected chi connectivity index (χ4v) is 2.19. The number of non-ortho nitro benzene ring substituents is 1. The van der Waals surface area contributed by atoms with Crippen molar-refractivity contribution in [3.63, 3.8) is 0 Å². The van der Waals surface area contributed by atoms with E-state index < -0.39 is 16.4 Å². The number of nitro groups is 1. The van der Waals surface area contributed by atoms with Crippen LogP contribution < -0.4 is 5.32 Å². The van der Waals surface area contributed by atoms with Crippen molar-refractivity contribution in [3.8, 4) is 0 Å². The van der Waals surface area contributed by atoms with E-state index in [2.05, 4.69) is 5.32 Å². The van der Waals surface area contributed by atoms with E-state index in [0.29, 0.717) is 12.1 Å². The molecule has 0 unspecified atom stereocenters. The maximum Gasteiger partial charge on any atom is 0.269 e. The average Bonchev–Trinajstić information content (AvgIpc) is 2.55. The summed E-state index contributed by atoms with van der Waals surface area (Å²) in [5.74, 6) is -0.538. The van der Waals surface area contributed by atoms with Gasteiger partial charge < -0.3 is 10.4 Å². The van der Waals surface area contributed by atoms with Gasteiger partial charge >= 0.3 is 0 Å². The van der Waals surface area contributed by atoms with Crippen molar-refractivity contribution in [2.24, 2.45) is 0 Å². The SMILES string of the molecule is Cc1ccc(CC[C@](C)(O)C(=O)Nc2ccc([N+](=O)[O-])cc2)cc1. The van der Waals surface area contributed by atoms with Gasteiger partial charge in [0.15, 0.2) is 0 Å². The van der Waals surface area contributed by atoms with Crippen LogP contribution in [0.1, 0.15) is 24.5 Å². The molecule has 2 aromatic carbocycles. The van der Waals surface area contributed by atoms with Crippen LogP contribution in [0.5, 0.6) is 0 Å². The second kappa shape index (κ2) is 7.23. The molecule has 0 saturated carbocycles. The molecule has 0 aliphatic heterocycles. The largest absolute Gasteiger partial charge is 0.380 e. The van der Waals surface area contributed by atoms with Gasteiger partial charge in [-0.25, -0.2) is 0 Å². The molecule has 0 saturated heterocycles. The predicted octanol–water partition coefficient (Wildman–Crippen LogP) is 3.23. The zero-order chi connectivity index (χ0) is 17.7. The third kappa shape index (κ3) is 4.63. The molecule has 2 N–H and O–H groups in total. The second-order valence-electron chi connectivity index (χ2n) is 6.02. The van der Waals surface area contributed by atoms with Crippen LogP contribution in [0.4, 0.5) is 11.4 Å². The average molecular weight is 328 g/mol. The van der Waals surface area contributed by atoms with E-state index in [4.69, 9.17) is 0 Å². The van der Waals surface area contributed by atoms with Crippen LogP contribution in [0.25, 0.3) is 0 Å². The van der Waals surface area contributed by atoms with Gasteiger partial charge in [0, 0.05) is 17.8 Å². The highest BCUT2D eigenvalue weighted by atomic mass is 16.6. The van der Waals surface area contributed by atoms with E-state index in [1.807, 2.05) is 31.2 Å². The Hall–Kier alpha value is -2.73. The van der Waals surface area contributed by atoms with Gasteiger partial charge in [-0.1, -0.05) is 29.8 Å². The number of nitro benzene ring substituents is 1. The summed E-state index contributed by atoms with van der Waals surface area (Å²) in [5.41, 5.74) is 1.01. The minimum absolute atomic E-state index is 0.0564. The lowest BCUT2D eigenvalue weighted by Gasteiger charge is -2.22. The van der Waals surface area contributed by atoms with Gasteiger partial charge in [0.25, 0.3) is 11.6 Å². The molecule has 6 nitrogen and oxygen atoms in total. The Morgan fingerprint density at radius 2 is 1.75 bits per heavy atom. The van der Waals surface area contributed by atoms with Gasteiger partial charge in [-0.3, -0.25) is 14.9 Å². The van der Waals surface area contributed by atoms with Crippen molar-refractivity contribution in [1.29, 1.82) is 0 Å². The molecule has 1 atom stereocenters. The van der Waals surface area contributed by atoms with Gasteiger partial charge in [-0.15, -0.1) is 0 Å². The summed E-state index contributed by atoms with van der Waals surface area (Å²) < 4.78 is 0. The van der Waals surface area contributed by atoms with Crippen LogP contribution in [0.3, 0.4) is 0 Å². The second-order valence-corrected chi connectivity index (χ2v) is 6.02. The summed E-state index contributed by atoms with van der Waals surface area (Å²) in [6.45, 7) is 3.46. The van der Waals surface area contributed by atoms with Crippen molar-refractivity contribution in [2.75, 3.05) is 5.32 Å². The number of hydrogen-bond acceptors (Lipinski definition) is 4. The fraction of sp³-hybridized carbons (Fsp3) is 0.278. The topological polar surface area (TPSA) is 92.5 Å². The Bertz CT molecular complexity index is 722. The van der Waals surface area contributed by atoms with Gasteiger partial charge in [-0.2, -0.15) is 0 Å². The molecule has 126 valence electrons. The van der Waals surface area contributed by atoms with Crippen LogP contribution >= 0.6 is 0 Å². The first-order valence-electron chi connectivity index (χ1n) is 7.62. The maximum atomic E-state index is 12.2. The zero-order valence-corrected chi connectivity index (χ0v) is 13.7. The monoisotopic (exact) mass is 328 g/mol. The molecule has 0 radical (unpaired) electrons. The van der Waals surface area contributed by atoms with Gasteiger partial charge in [0.1, 0.15) is 5.60 Å². The molecule has 0 fully saturated rings. The number of nitrogens with zero attached hydrogens (tertiary/aromatic N) is 1. The smallest absolute Gasteiger partial charge is 0.269 e. The maximum absolute atomic E-state index is 12.2. The fourth-order valence-electron chi connectivity index (χ4n) is 2.19. The molecule has 6 heteroatoms. The zero-order valence-electron chi connectivity index (χ0n) is 13.7. The molecule has 0 heterocycles. The summed E-state index contributed by atoms with van der Waals surface area (Å²) in [6.07, 6.45) is 0.843. The molecule has 1 amide bonds. The molecule has 0 aromatic heterocycles. The standard InChI is InChI=1S/C18H20N2O4/c1-13-3-5-14(6-4-13)11-12-18(2,22)17(21)19-15-7-9-16(10-8-15)20(23)24/h3-10,22H,11-12H2,1-2H3,(H,19,21)/t18-/m0/s1. The van der Waals surface area contributed by atoms with E-state index in [-0.39, 0.29) is 12.1 Å². The lowest BCUT2D eigenvalue weighted by Crippen LogP contribution is -2.40. The van der Waals surface area contributed by atoms with Crippen LogP contribution in [0.2, 0.25) is 0 Å². The minimum atomic E-state index is -1.54. The molecule has 0 aliphatic rings. The Labute approximate surface area is 140 Å². The molecular formula is C18H20N2O4. The first kappa shape index (κ1) is 17.6. The predicted molar refractivity (Wildman–Crippen MR) is 91.8 cm³/mol. The third-order valence-corrected chi connectivity index (χ3v) is 3.85. The van der Waals surface area contributed by atoms with E-state index in [1.165, 1.54) is 31.2 Å². The molecule has 0 aliphatic carbocycles. The lowest BCUT2D eigenvalue weighted by molar-refractivity contribution is -0.384. The van der Waals surface area contributed by atoms with Crippen LogP contribution in [-0.2, 0) is 11.2 Å². The van der Waals surface area contributed by atoms with Crippen LogP contribution in [-0.4, -0.2) is 21.5 Å².